The lowest BCUT2D eigenvalue weighted by atomic mass is 10.2. The van der Waals surface area contributed by atoms with Crippen LogP contribution in [0.15, 0.2) is 18.2 Å². The molecule has 0 fully saturated rings. The smallest absolute Gasteiger partial charge is 0.435 e. The fourth-order valence-corrected chi connectivity index (χ4v) is 1.92. The van der Waals surface area contributed by atoms with Crippen molar-refractivity contribution in [2.75, 3.05) is 12.8 Å². The van der Waals surface area contributed by atoms with Crippen molar-refractivity contribution in [1.29, 1.82) is 0 Å². The lowest BCUT2D eigenvalue weighted by molar-refractivity contribution is 0.0518. The molecule has 0 aliphatic rings. The van der Waals surface area contributed by atoms with E-state index in [1.165, 1.54) is 7.11 Å². The molecule has 0 spiro atoms. The number of hydrogen-bond donors (Lipinski definition) is 1. The van der Waals surface area contributed by atoms with E-state index in [0.717, 1.165) is 10.4 Å². The van der Waals surface area contributed by atoms with Gasteiger partial charge in [-0.15, -0.1) is 5.10 Å². The van der Waals surface area contributed by atoms with E-state index in [4.69, 9.17) is 15.2 Å². The lowest BCUT2D eigenvalue weighted by Crippen LogP contribution is -2.28. The average Bonchev–Trinajstić information content (AvgIpc) is 2.78. The Labute approximate surface area is 129 Å². The highest BCUT2D eigenvalue weighted by atomic mass is 16.6. The maximum atomic E-state index is 12.3. The molecule has 0 unspecified atom stereocenters. The van der Waals surface area contributed by atoms with Crippen LogP contribution in [0.3, 0.4) is 0 Å². The van der Waals surface area contributed by atoms with Crippen LogP contribution in [0.1, 0.15) is 26.5 Å². The Morgan fingerprint density at radius 3 is 2.59 bits per heavy atom. The van der Waals surface area contributed by atoms with Gasteiger partial charge in [-0.05, 0) is 39.8 Å². The van der Waals surface area contributed by atoms with Crippen LogP contribution in [0.25, 0.3) is 11.3 Å². The van der Waals surface area contributed by atoms with Gasteiger partial charge in [0.05, 0.1) is 18.4 Å². The molecule has 7 nitrogen and oxygen atoms in total. The fraction of sp³-hybridized carbons (Fsp3) is 0.400. The van der Waals surface area contributed by atoms with Crippen molar-refractivity contribution in [3.05, 3.63) is 23.9 Å². The molecular formula is C15H20N4O3. The Balaban J connectivity index is 2.51. The van der Waals surface area contributed by atoms with Crippen molar-refractivity contribution in [2.24, 2.45) is 0 Å². The number of nitrogen functional groups attached to an aromatic ring is 1. The maximum absolute atomic E-state index is 12.3. The van der Waals surface area contributed by atoms with E-state index in [2.05, 4.69) is 10.1 Å². The summed E-state index contributed by atoms with van der Waals surface area (Å²) in [5.41, 5.74) is 6.99. The van der Waals surface area contributed by atoms with Crippen molar-refractivity contribution in [3.8, 4) is 17.1 Å². The summed E-state index contributed by atoms with van der Waals surface area (Å²) in [5, 5.41) is 4.01. The summed E-state index contributed by atoms with van der Waals surface area (Å²) < 4.78 is 11.7. The SMILES string of the molecule is COc1nc(C)ccc1-c1cc(N)nn1C(=O)OC(C)(C)C. The van der Waals surface area contributed by atoms with E-state index in [1.807, 2.05) is 13.0 Å². The van der Waals surface area contributed by atoms with Crippen LogP contribution in [0.2, 0.25) is 0 Å². The van der Waals surface area contributed by atoms with Crippen molar-refractivity contribution in [1.82, 2.24) is 14.8 Å². The van der Waals surface area contributed by atoms with Gasteiger partial charge in [0.15, 0.2) is 0 Å². The Morgan fingerprint density at radius 1 is 1.32 bits per heavy atom. The number of pyridine rings is 1. The quantitative estimate of drug-likeness (QED) is 0.917. The molecule has 0 saturated heterocycles. The number of nitrogens with zero attached hydrogens (tertiary/aromatic N) is 3. The van der Waals surface area contributed by atoms with Crippen LogP contribution < -0.4 is 10.5 Å². The summed E-state index contributed by atoms with van der Waals surface area (Å²) in [7, 11) is 1.52. The van der Waals surface area contributed by atoms with Crippen LogP contribution in [0.4, 0.5) is 10.6 Å². The van der Waals surface area contributed by atoms with Gasteiger partial charge in [0.1, 0.15) is 11.4 Å². The Kier molecular flexibility index (Phi) is 4.07. The summed E-state index contributed by atoms with van der Waals surface area (Å²) >= 11 is 0. The molecule has 0 bridgehead atoms. The van der Waals surface area contributed by atoms with Gasteiger partial charge in [-0.2, -0.15) is 4.68 Å². The molecule has 2 aromatic rings. The van der Waals surface area contributed by atoms with Crippen LogP contribution in [0.5, 0.6) is 5.88 Å². The third-order valence-corrected chi connectivity index (χ3v) is 2.76. The number of carbonyl (C=O) groups is 1. The van der Waals surface area contributed by atoms with Crippen LogP contribution in [-0.2, 0) is 4.74 Å². The van der Waals surface area contributed by atoms with Gasteiger partial charge in [0.2, 0.25) is 5.88 Å². The maximum Gasteiger partial charge on any atom is 0.435 e. The van der Waals surface area contributed by atoms with E-state index >= 15 is 0 Å². The number of carbonyl (C=O) groups excluding carboxylic acids is 1. The minimum Gasteiger partial charge on any atom is -0.480 e. The lowest BCUT2D eigenvalue weighted by Gasteiger charge is -2.19. The van der Waals surface area contributed by atoms with Crippen molar-refractivity contribution in [3.63, 3.8) is 0 Å². The van der Waals surface area contributed by atoms with E-state index in [9.17, 15) is 4.79 Å². The third-order valence-electron chi connectivity index (χ3n) is 2.76. The van der Waals surface area contributed by atoms with E-state index in [-0.39, 0.29) is 5.82 Å². The molecule has 2 N–H and O–H groups in total. The molecule has 0 aliphatic heterocycles. The molecule has 0 aliphatic carbocycles. The summed E-state index contributed by atoms with van der Waals surface area (Å²) in [6.45, 7) is 7.20. The van der Waals surface area contributed by atoms with E-state index in [0.29, 0.717) is 17.1 Å². The zero-order valence-electron chi connectivity index (χ0n) is 13.4. The van der Waals surface area contributed by atoms with Gasteiger partial charge in [0, 0.05) is 11.8 Å². The highest BCUT2D eigenvalue weighted by molar-refractivity contribution is 5.80. The number of methoxy groups -OCH3 is 1. The molecule has 118 valence electrons. The standard InChI is InChI=1S/C15H20N4O3/c1-9-6-7-10(13(17-9)21-5)11-8-12(16)18-19(11)14(20)22-15(2,3)4/h6-8H,1-5H3,(H2,16,18). The number of ether oxygens (including phenoxy) is 2. The average molecular weight is 304 g/mol. The molecule has 0 saturated carbocycles. The van der Waals surface area contributed by atoms with Crippen LogP contribution in [-0.4, -0.2) is 33.6 Å². The number of aromatic nitrogens is 3. The molecule has 2 rings (SSSR count). The normalized spacial score (nSPS) is 11.3. The molecular weight excluding hydrogens is 284 g/mol. The highest BCUT2D eigenvalue weighted by Gasteiger charge is 2.23. The number of aryl methyl sites for hydroxylation is 1. The zero-order valence-corrected chi connectivity index (χ0v) is 13.4. The third kappa shape index (κ3) is 3.36. The first kappa shape index (κ1) is 15.8. The van der Waals surface area contributed by atoms with Gasteiger partial charge in [-0.3, -0.25) is 0 Å². The second kappa shape index (κ2) is 5.67. The Morgan fingerprint density at radius 2 is 2.00 bits per heavy atom. The first-order chi connectivity index (χ1) is 10.2. The van der Waals surface area contributed by atoms with Gasteiger partial charge >= 0.3 is 6.09 Å². The molecule has 0 amide bonds. The number of nitrogens with two attached hydrogens (primary N) is 1. The predicted molar refractivity (Wildman–Crippen MR) is 82.8 cm³/mol. The first-order valence-electron chi connectivity index (χ1n) is 6.82. The van der Waals surface area contributed by atoms with Crippen LogP contribution in [0, 0.1) is 6.92 Å². The highest BCUT2D eigenvalue weighted by Crippen LogP contribution is 2.30. The van der Waals surface area contributed by atoms with Gasteiger partial charge in [-0.1, -0.05) is 0 Å². The van der Waals surface area contributed by atoms with Gasteiger partial charge in [-0.25, -0.2) is 9.78 Å². The summed E-state index contributed by atoms with van der Waals surface area (Å²) in [5.74, 6) is 0.605. The molecule has 0 radical (unpaired) electrons. The topological polar surface area (TPSA) is 92.3 Å². The summed E-state index contributed by atoms with van der Waals surface area (Å²) in [4.78, 5) is 16.6. The molecule has 0 aromatic carbocycles. The fourth-order valence-electron chi connectivity index (χ4n) is 1.92. The van der Waals surface area contributed by atoms with Crippen LogP contribution >= 0.6 is 0 Å². The Bertz CT molecular complexity index is 701. The number of anilines is 1. The van der Waals surface area contributed by atoms with Crippen molar-refractivity contribution < 1.29 is 14.3 Å². The zero-order chi connectivity index (χ0) is 16.5. The van der Waals surface area contributed by atoms with E-state index in [1.54, 1.807) is 32.9 Å². The second-order valence-corrected chi connectivity index (χ2v) is 5.86. The predicted octanol–water partition coefficient (Wildman–Crippen LogP) is 2.63. The number of hydrogen-bond acceptors (Lipinski definition) is 6. The molecule has 0 atom stereocenters. The monoisotopic (exact) mass is 304 g/mol. The largest absolute Gasteiger partial charge is 0.480 e. The summed E-state index contributed by atoms with van der Waals surface area (Å²) in [6.07, 6.45) is -0.609. The van der Waals surface area contributed by atoms with E-state index < -0.39 is 11.7 Å². The van der Waals surface area contributed by atoms with Crippen molar-refractivity contribution in [2.45, 2.75) is 33.3 Å². The van der Waals surface area contributed by atoms with Gasteiger partial charge in [0.25, 0.3) is 0 Å². The molecule has 22 heavy (non-hydrogen) atoms. The van der Waals surface area contributed by atoms with Gasteiger partial charge < -0.3 is 15.2 Å². The second-order valence-electron chi connectivity index (χ2n) is 5.86. The number of rotatable bonds is 2. The van der Waals surface area contributed by atoms with Crippen molar-refractivity contribution >= 4 is 11.9 Å². The Hall–Kier alpha value is -2.57. The summed E-state index contributed by atoms with van der Waals surface area (Å²) in [6, 6.07) is 5.21. The minimum atomic E-state index is -0.634. The molecule has 2 aromatic heterocycles. The molecule has 7 heteroatoms. The first-order valence-corrected chi connectivity index (χ1v) is 6.82. The molecule has 2 heterocycles. The minimum absolute atomic E-state index is 0.212.